The molecule has 0 bridgehead atoms. The summed E-state index contributed by atoms with van der Waals surface area (Å²) < 4.78 is 42.9. The Morgan fingerprint density at radius 2 is 1.90 bits per heavy atom. The van der Waals surface area contributed by atoms with Crippen LogP contribution >= 0.6 is 15.9 Å². The number of rotatable bonds is 7. The van der Waals surface area contributed by atoms with Crippen molar-refractivity contribution >= 4 is 21.9 Å². The van der Waals surface area contributed by atoms with Crippen molar-refractivity contribution in [2.45, 2.75) is 6.18 Å². The number of carboxylic acid groups (broad SMARTS) is 1. The summed E-state index contributed by atoms with van der Waals surface area (Å²) in [5, 5.41) is 8.57. The molecule has 0 fully saturated rings. The van der Waals surface area contributed by atoms with Gasteiger partial charge in [0.25, 0.3) is 0 Å². The molecule has 1 rings (SSSR count). The molecule has 0 spiro atoms. The molecule has 0 unspecified atom stereocenters. The van der Waals surface area contributed by atoms with Gasteiger partial charge in [-0.05, 0) is 24.3 Å². The number of aliphatic carboxylic acids is 1. The molecular weight excluding hydrogens is 343 g/mol. The smallest absolute Gasteiger partial charge is 0.401 e. The SMILES string of the molecule is O=C(O)CN(CCOc1ccc(Br)cc1)CC(F)(F)F. The van der Waals surface area contributed by atoms with E-state index in [9.17, 15) is 18.0 Å². The molecule has 8 heteroatoms. The first-order valence-electron chi connectivity index (χ1n) is 5.65. The Morgan fingerprint density at radius 3 is 2.40 bits per heavy atom. The molecule has 1 aromatic carbocycles. The number of hydrogen-bond acceptors (Lipinski definition) is 3. The van der Waals surface area contributed by atoms with E-state index in [0.717, 1.165) is 9.37 Å². The van der Waals surface area contributed by atoms with Crippen molar-refractivity contribution in [3.63, 3.8) is 0 Å². The van der Waals surface area contributed by atoms with E-state index in [0.29, 0.717) is 5.75 Å². The fourth-order valence-electron chi connectivity index (χ4n) is 1.48. The highest BCUT2D eigenvalue weighted by atomic mass is 79.9. The van der Waals surface area contributed by atoms with Gasteiger partial charge in [-0.15, -0.1) is 0 Å². The van der Waals surface area contributed by atoms with E-state index in [4.69, 9.17) is 9.84 Å². The second-order valence-electron chi connectivity index (χ2n) is 4.02. The van der Waals surface area contributed by atoms with Crippen molar-refractivity contribution in [3.05, 3.63) is 28.7 Å². The van der Waals surface area contributed by atoms with Crippen molar-refractivity contribution < 1.29 is 27.8 Å². The van der Waals surface area contributed by atoms with Crippen LogP contribution in [0.4, 0.5) is 13.2 Å². The normalized spacial score (nSPS) is 11.7. The molecule has 0 aliphatic carbocycles. The maximum absolute atomic E-state index is 12.3. The summed E-state index contributed by atoms with van der Waals surface area (Å²) in [5.74, 6) is -0.798. The van der Waals surface area contributed by atoms with Crippen molar-refractivity contribution in [3.8, 4) is 5.75 Å². The van der Waals surface area contributed by atoms with Gasteiger partial charge >= 0.3 is 12.1 Å². The summed E-state index contributed by atoms with van der Waals surface area (Å²) in [7, 11) is 0. The molecule has 1 aromatic rings. The Hall–Kier alpha value is -1.28. The summed E-state index contributed by atoms with van der Waals surface area (Å²) in [5.41, 5.74) is 0. The summed E-state index contributed by atoms with van der Waals surface area (Å²) in [6.45, 7) is -2.10. The number of alkyl halides is 3. The Balaban J connectivity index is 2.45. The lowest BCUT2D eigenvalue weighted by molar-refractivity contribution is -0.154. The predicted molar refractivity (Wildman–Crippen MR) is 69.8 cm³/mol. The minimum absolute atomic E-state index is 0.0228. The molecule has 0 amide bonds. The zero-order valence-corrected chi connectivity index (χ0v) is 11.9. The number of carboxylic acids is 1. The van der Waals surface area contributed by atoms with Gasteiger partial charge in [-0.1, -0.05) is 15.9 Å². The minimum atomic E-state index is -4.44. The largest absolute Gasteiger partial charge is 0.492 e. The van der Waals surface area contributed by atoms with Crippen LogP contribution in [0.15, 0.2) is 28.7 Å². The highest BCUT2D eigenvalue weighted by Crippen LogP contribution is 2.17. The molecular formula is C12H13BrF3NO3. The van der Waals surface area contributed by atoms with Crippen molar-refractivity contribution in [1.29, 1.82) is 0 Å². The van der Waals surface area contributed by atoms with Crippen LogP contribution in [0.1, 0.15) is 0 Å². The Morgan fingerprint density at radius 1 is 1.30 bits per heavy atom. The quantitative estimate of drug-likeness (QED) is 0.816. The number of ether oxygens (including phenoxy) is 1. The van der Waals surface area contributed by atoms with E-state index in [-0.39, 0.29) is 13.2 Å². The fourth-order valence-corrected chi connectivity index (χ4v) is 1.75. The minimum Gasteiger partial charge on any atom is -0.492 e. The molecule has 0 atom stereocenters. The molecule has 0 heterocycles. The highest BCUT2D eigenvalue weighted by Gasteiger charge is 2.31. The van der Waals surface area contributed by atoms with Crippen LogP contribution in [0.2, 0.25) is 0 Å². The molecule has 0 aliphatic heterocycles. The van der Waals surface area contributed by atoms with Gasteiger partial charge in [0.2, 0.25) is 0 Å². The van der Waals surface area contributed by atoms with Gasteiger partial charge in [0.15, 0.2) is 0 Å². The van der Waals surface area contributed by atoms with Crippen LogP contribution in [0.25, 0.3) is 0 Å². The lowest BCUT2D eigenvalue weighted by atomic mass is 10.3. The van der Waals surface area contributed by atoms with Gasteiger partial charge in [0, 0.05) is 11.0 Å². The van der Waals surface area contributed by atoms with Gasteiger partial charge in [0.1, 0.15) is 12.4 Å². The number of nitrogens with zero attached hydrogens (tertiary/aromatic N) is 1. The molecule has 112 valence electrons. The third-order valence-corrected chi connectivity index (χ3v) is 2.78. The van der Waals surface area contributed by atoms with Gasteiger partial charge in [0.05, 0.1) is 13.1 Å². The standard InChI is InChI=1S/C12H13BrF3NO3/c13-9-1-3-10(4-2-9)20-6-5-17(7-11(18)19)8-12(14,15)16/h1-4H,5-8H2,(H,18,19). The molecule has 0 aromatic heterocycles. The monoisotopic (exact) mass is 355 g/mol. The first-order valence-corrected chi connectivity index (χ1v) is 6.45. The first-order chi connectivity index (χ1) is 9.26. The fraction of sp³-hybridized carbons (Fsp3) is 0.417. The zero-order chi connectivity index (χ0) is 15.2. The number of benzene rings is 1. The van der Waals surface area contributed by atoms with E-state index in [2.05, 4.69) is 15.9 Å². The van der Waals surface area contributed by atoms with Gasteiger partial charge in [-0.2, -0.15) is 13.2 Å². The predicted octanol–water partition coefficient (Wildman–Crippen LogP) is 2.78. The average molecular weight is 356 g/mol. The lowest BCUT2D eigenvalue weighted by Gasteiger charge is -2.21. The maximum Gasteiger partial charge on any atom is 0.401 e. The van der Waals surface area contributed by atoms with Gasteiger partial charge in [-0.25, -0.2) is 0 Å². The van der Waals surface area contributed by atoms with Crippen molar-refractivity contribution in [2.75, 3.05) is 26.2 Å². The average Bonchev–Trinajstić information content (AvgIpc) is 2.28. The second kappa shape index (κ2) is 7.49. The molecule has 0 aliphatic rings. The van der Waals surface area contributed by atoms with E-state index in [1.807, 2.05) is 0 Å². The summed E-state index contributed by atoms with van der Waals surface area (Å²) in [6, 6.07) is 6.80. The molecule has 20 heavy (non-hydrogen) atoms. The second-order valence-corrected chi connectivity index (χ2v) is 4.94. The molecule has 0 saturated heterocycles. The molecule has 1 N–H and O–H groups in total. The summed E-state index contributed by atoms with van der Waals surface area (Å²) in [6.07, 6.45) is -4.44. The van der Waals surface area contributed by atoms with E-state index >= 15 is 0 Å². The van der Waals surface area contributed by atoms with Crippen LogP contribution in [0.5, 0.6) is 5.75 Å². The Kier molecular flexibility index (Phi) is 6.28. The third-order valence-electron chi connectivity index (χ3n) is 2.25. The number of carbonyl (C=O) groups is 1. The highest BCUT2D eigenvalue weighted by molar-refractivity contribution is 9.10. The Bertz CT molecular complexity index is 437. The molecule has 4 nitrogen and oxygen atoms in total. The molecule has 0 radical (unpaired) electrons. The van der Waals surface area contributed by atoms with Crippen molar-refractivity contribution in [1.82, 2.24) is 4.90 Å². The van der Waals surface area contributed by atoms with E-state index in [1.54, 1.807) is 24.3 Å². The third kappa shape index (κ3) is 7.34. The summed E-state index contributed by atoms with van der Waals surface area (Å²) >= 11 is 3.24. The van der Waals surface area contributed by atoms with E-state index in [1.165, 1.54) is 0 Å². The van der Waals surface area contributed by atoms with Crippen LogP contribution in [-0.4, -0.2) is 48.4 Å². The molecule has 0 saturated carbocycles. The van der Waals surface area contributed by atoms with E-state index < -0.39 is 25.2 Å². The topological polar surface area (TPSA) is 49.8 Å². The van der Waals surface area contributed by atoms with Gasteiger partial charge in [-0.3, -0.25) is 9.69 Å². The lowest BCUT2D eigenvalue weighted by Crippen LogP contribution is -2.40. The van der Waals surface area contributed by atoms with Crippen LogP contribution in [0, 0.1) is 0 Å². The number of hydrogen-bond donors (Lipinski definition) is 1. The summed E-state index contributed by atoms with van der Waals surface area (Å²) in [4.78, 5) is 11.3. The van der Waals surface area contributed by atoms with Crippen LogP contribution < -0.4 is 4.74 Å². The van der Waals surface area contributed by atoms with Crippen LogP contribution in [0.3, 0.4) is 0 Å². The van der Waals surface area contributed by atoms with Crippen LogP contribution in [-0.2, 0) is 4.79 Å². The first kappa shape index (κ1) is 16.8. The Labute approximate surface area is 122 Å². The van der Waals surface area contributed by atoms with Crippen molar-refractivity contribution in [2.24, 2.45) is 0 Å². The zero-order valence-electron chi connectivity index (χ0n) is 10.4. The van der Waals surface area contributed by atoms with Gasteiger partial charge < -0.3 is 9.84 Å². The maximum atomic E-state index is 12.3. The number of halogens is 4.